The predicted molar refractivity (Wildman–Crippen MR) is 93.6 cm³/mol. The maximum atomic E-state index is 13.3. The second kappa shape index (κ2) is 6.70. The summed E-state index contributed by atoms with van der Waals surface area (Å²) in [5.41, 5.74) is -1.25. The Kier molecular flexibility index (Phi) is 4.49. The van der Waals surface area contributed by atoms with Crippen molar-refractivity contribution in [1.29, 1.82) is 0 Å². The van der Waals surface area contributed by atoms with E-state index in [-0.39, 0.29) is 23.7 Å². The number of nitrogens with zero attached hydrogens (tertiary/aromatic N) is 3. The summed E-state index contributed by atoms with van der Waals surface area (Å²) in [5, 5.41) is 0.567. The lowest BCUT2D eigenvalue weighted by molar-refractivity contribution is -0.138. The third-order valence-electron chi connectivity index (χ3n) is 4.70. The Labute approximate surface area is 157 Å². The van der Waals surface area contributed by atoms with Gasteiger partial charge in [-0.3, -0.25) is 14.2 Å². The molecule has 1 fully saturated rings. The van der Waals surface area contributed by atoms with Crippen LogP contribution in [-0.2, 0) is 19.3 Å². The maximum absolute atomic E-state index is 13.3. The van der Waals surface area contributed by atoms with Crippen molar-refractivity contribution < 1.29 is 18.0 Å². The predicted octanol–water partition coefficient (Wildman–Crippen LogP) is 3.17. The Balaban J connectivity index is 1.67. The molecule has 1 aliphatic heterocycles. The van der Waals surface area contributed by atoms with Crippen molar-refractivity contribution in [3.63, 3.8) is 0 Å². The molecular weight excluding hydrogens is 379 g/mol. The Morgan fingerprint density at radius 1 is 1.30 bits per heavy atom. The summed E-state index contributed by atoms with van der Waals surface area (Å²) in [5.74, 6) is 0.157. The van der Waals surface area contributed by atoms with Gasteiger partial charge in [0.1, 0.15) is 5.56 Å². The molecule has 1 aliphatic carbocycles. The third kappa shape index (κ3) is 3.47. The van der Waals surface area contributed by atoms with Crippen LogP contribution in [0.15, 0.2) is 40.4 Å². The Morgan fingerprint density at radius 2 is 2.04 bits per heavy atom. The number of amides is 1. The van der Waals surface area contributed by atoms with Gasteiger partial charge in [0.25, 0.3) is 11.5 Å². The highest BCUT2D eigenvalue weighted by Gasteiger charge is 2.38. The van der Waals surface area contributed by atoms with Crippen molar-refractivity contribution in [1.82, 2.24) is 14.5 Å². The molecule has 0 radical (unpaired) electrons. The molecule has 1 aromatic carbocycles. The van der Waals surface area contributed by atoms with Gasteiger partial charge >= 0.3 is 6.18 Å². The van der Waals surface area contributed by atoms with Gasteiger partial charge in [-0.25, -0.2) is 4.98 Å². The second-order valence-corrected chi connectivity index (χ2v) is 7.64. The molecule has 1 saturated carbocycles. The first-order valence-corrected chi connectivity index (χ1v) is 9.53. The average Bonchev–Trinajstić information content (AvgIpc) is 3.35. The van der Waals surface area contributed by atoms with E-state index in [1.165, 1.54) is 45.6 Å². The fourth-order valence-electron chi connectivity index (χ4n) is 3.19. The summed E-state index contributed by atoms with van der Waals surface area (Å²) >= 11 is 1.44. The van der Waals surface area contributed by atoms with Crippen molar-refractivity contribution in [2.24, 2.45) is 0 Å². The Hall–Kier alpha value is -2.29. The molecule has 5 nitrogen and oxygen atoms in total. The smallest absolute Gasteiger partial charge is 0.331 e. The standard InChI is InChI=1S/C18H16F3N3O2S/c19-18(20,21)14-4-2-1-3-11(14)10-24(12-5-6-12)16(26)13-9-22-17-23(15(13)25)7-8-27-17/h1-4,9,12H,5-8,10H2. The monoisotopic (exact) mass is 395 g/mol. The van der Waals surface area contributed by atoms with E-state index in [1.807, 2.05) is 0 Å². The van der Waals surface area contributed by atoms with E-state index in [4.69, 9.17) is 0 Å². The number of carbonyl (C=O) groups excluding carboxylic acids is 1. The van der Waals surface area contributed by atoms with Gasteiger partial charge in [0.15, 0.2) is 5.16 Å². The average molecular weight is 395 g/mol. The Bertz CT molecular complexity index is 954. The number of fused-ring (bicyclic) bond motifs is 1. The number of carbonyl (C=O) groups is 1. The van der Waals surface area contributed by atoms with Gasteiger partial charge in [0, 0.05) is 31.1 Å². The molecule has 0 saturated heterocycles. The van der Waals surface area contributed by atoms with Crippen LogP contribution in [0.25, 0.3) is 0 Å². The van der Waals surface area contributed by atoms with Crippen LogP contribution in [0.5, 0.6) is 0 Å². The van der Waals surface area contributed by atoms with E-state index in [0.29, 0.717) is 17.5 Å². The third-order valence-corrected chi connectivity index (χ3v) is 5.67. The molecule has 142 valence electrons. The summed E-state index contributed by atoms with van der Waals surface area (Å²) < 4.78 is 41.3. The number of rotatable bonds is 4. The highest BCUT2D eigenvalue weighted by molar-refractivity contribution is 7.99. The van der Waals surface area contributed by atoms with Crippen molar-refractivity contribution >= 4 is 17.7 Å². The summed E-state index contributed by atoms with van der Waals surface area (Å²) in [7, 11) is 0. The molecule has 4 rings (SSSR count). The number of thioether (sulfide) groups is 1. The van der Waals surface area contributed by atoms with E-state index >= 15 is 0 Å². The van der Waals surface area contributed by atoms with Crippen molar-refractivity contribution in [3.8, 4) is 0 Å². The summed E-state index contributed by atoms with van der Waals surface area (Å²) in [6.07, 6.45) is -1.81. The van der Waals surface area contributed by atoms with Crippen LogP contribution in [0.1, 0.15) is 34.3 Å². The highest BCUT2D eigenvalue weighted by Crippen LogP contribution is 2.35. The molecule has 2 aliphatic rings. The molecule has 2 heterocycles. The molecule has 2 aromatic rings. The number of alkyl halides is 3. The van der Waals surface area contributed by atoms with Gasteiger partial charge in [-0.05, 0) is 24.5 Å². The molecule has 0 bridgehead atoms. The van der Waals surface area contributed by atoms with Crippen molar-refractivity contribution in [2.45, 2.75) is 43.3 Å². The van der Waals surface area contributed by atoms with Crippen LogP contribution in [0, 0.1) is 0 Å². The maximum Gasteiger partial charge on any atom is 0.416 e. The fourth-order valence-corrected chi connectivity index (χ4v) is 4.10. The molecule has 9 heteroatoms. The molecular formula is C18H16F3N3O2S. The van der Waals surface area contributed by atoms with Gasteiger partial charge in [0.05, 0.1) is 5.56 Å². The van der Waals surface area contributed by atoms with Crippen LogP contribution in [-0.4, -0.2) is 32.2 Å². The number of benzene rings is 1. The lowest BCUT2D eigenvalue weighted by Crippen LogP contribution is -2.38. The van der Waals surface area contributed by atoms with E-state index in [9.17, 15) is 22.8 Å². The van der Waals surface area contributed by atoms with Gasteiger partial charge < -0.3 is 4.90 Å². The Morgan fingerprint density at radius 3 is 2.74 bits per heavy atom. The van der Waals surface area contributed by atoms with Gasteiger partial charge in [-0.15, -0.1) is 0 Å². The highest BCUT2D eigenvalue weighted by atomic mass is 32.2. The molecule has 0 N–H and O–H groups in total. The minimum atomic E-state index is -4.50. The molecule has 1 aromatic heterocycles. The minimum Gasteiger partial charge on any atom is -0.331 e. The number of hydrogen-bond acceptors (Lipinski definition) is 4. The van der Waals surface area contributed by atoms with Gasteiger partial charge in [0.2, 0.25) is 0 Å². The molecule has 0 spiro atoms. The zero-order valence-electron chi connectivity index (χ0n) is 14.2. The van der Waals surface area contributed by atoms with E-state index in [2.05, 4.69) is 4.98 Å². The van der Waals surface area contributed by atoms with E-state index in [0.717, 1.165) is 18.9 Å². The first-order chi connectivity index (χ1) is 12.9. The van der Waals surface area contributed by atoms with Gasteiger partial charge in [-0.2, -0.15) is 13.2 Å². The molecule has 0 atom stereocenters. The fraction of sp³-hybridized carbons (Fsp3) is 0.389. The summed E-state index contributed by atoms with van der Waals surface area (Å²) in [6.45, 7) is 0.294. The first kappa shape index (κ1) is 18.1. The van der Waals surface area contributed by atoms with Crippen LogP contribution < -0.4 is 5.56 Å². The number of halogens is 3. The zero-order valence-corrected chi connectivity index (χ0v) is 15.0. The topological polar surface area (TPSA) is 55.2 Å². The SMILES string of the molecule is O=C(c1cnc2n(c1=O)CCS2)N(Cc1ccccc1C(F)(F)F)C1CC1. The quantitative estimate of drug-likeness (QED) is 0.747. The largest absolute Gasteiger partial charge is 0.416 e. The van der Waals surface area contributed by atoms with Crippen LogP contribution >= 0.6 is 11.8 Å². The van der Waals surface area contributed by atoms with Crippen molar-refractivity contribution in [3.05, 3.63) is 57.5 Å². The second-order valence-electron chi connectivity index (χ2n) is 6.58. The zero-order chi connectivity index (χ0) is 19.2. The van der Waals surface area contributed by atoms with Gasteiger partial charge in [-0.1, -0.05) is 30.0 Å². The normalized spacial score (nSPS) is 16.3. The van der Waals surface area contributed by atoms with Crippen LogP contribution in [0.2, 0.25) is 0 Å². The van der Waals surface area contributed by atoms with Crippen LogP contribution in [0.4, 0.5) is 13.2 Å². The summed E-state index contributed by atoms with van der Waals surface area (Å²) in [6, 6.07) is 5.07. The lowest BCUT2D eigenvalue weighted by atomic mass is 10.1. The lowest BCUT2D eigenvalue weighted by Gasteiger charge is -2.24. The molecule has 0 unspecified atom stereocenters. The van der Waals surface area contributed by atoms with E-state index < -0.39 is 23.2 Å². The van der Waals surface area contributed by atoms with Crippen molar-refractivity contribution in [2.75, 3.05) is 5.75 Å². The number of hydrogen-bond donors (Lipinski definition) is 0. The van der Waals surface area contributed by atoms with Crippen LogP contribution in [0.3, 0.4) is 0 Å². The molecule has 1 amide bonds. The minimum absolute atomic E-state index is 0.0232. The van der Waals surface area contributed by atoms with E-state index in [1.54, 1.807) is 0 Å². The first-order valence-electron chi connectivity index (χ1n) is 8.55. The molecule has 27 heavy (non-hydrogen) atoms. The number of aromatic nitrogens is 2. The summed E-state index contributed by atoms with van der Waals surface area (Å²) in [4.78, 5) is 31.1.